The molecule has 0 saturated heterocycles. The quantitative estimate of drug-likeness (QED) is 0.334. The van der Waals surface area contributed by atoms with Gasteiger partial charge >= 0.3 is 0 Å². The van der Waals surface area contributed by atoms with E-state index in [9.17, 15) is 20.1 Å². The molecule has 4 N–H and O–H groups in total. The lowest BCUT2D eigenvalue weighted by atomic mass is 9.98. The Morgan fingerprint density at radius 1 is 1.04 bits per heavy atom. The molecule has 0 unspecified atom stereocenters. The van der Waals surface area contributed by atoms with Crippen molar-refractivity contribution in [3.63, 3.8) is 0 Å². The van der Waals surface area contributed by atoms with Crippen molar-refractivity contribution >= 4 is 11.3 Å². The molecule has 0 fully saturated rings. The Bertz CT molecular complexity index is 1010. The molecule has 0 saturated carbocycles. The smallest absolute Gasteiger partial charge is 0.251 e. The molecule has 126 valence electrons. The molecule has 25 heavy (non-hydrogen) atoms. The number of nitrogens with zero attached hydrogens (tertiary/aromatic N) is 1. The largest absolute Gasteiger partial charge is 0.508 e. The number of aromatic hydroxyl groups is 2. The van der Waals surface area contributed by atoms with E-state index in [0.29, 0.717) is 11.3 Å². The number of benzene rings is 2. The number of phenols is 2. The maximum absolute atomic E-state index is 11.8. The van der Waals surface area contributed by atoms with Crippen LogP contribution in [0, 0.1) is 6.92 Å². The lowest BCUT2D eigenvalue weighted by molar-refractivity contribution is 0.458. The number of nitrogens with one attached hydrogen (secondary N) is 1. The molecule has 0 aliphatic rings. The fourth-order valence-corrected chi connectivity index (χ4v) is 2.53. The third-order valence-electron chi connectivity index (χ3n) is 3.64. The van der Waals surface area contributed by atoms with E-state index in [4.69, 9.17) is 0 Å². The van der Waals surface area contributed by atoms with Crippen molar-refractivity contribution in [1.29, 1.82) is 0 Å². The zero-order valence-electron chi connectivity index (χ0n) is 13.4. The standard InChI is InChI=1S/C19H16N2O4/c1-11-9-16(24)21-19(20-11)17(14-10-13(22)7-8-15(14)23)18(25)12-5-3-2-4-6-12/h2-10,22-23,25H,1H3,(H,20,21,24)/b18-17+. The lowest BCUT2D eigenvalue weighted by Crippen LogP contribution is -2.12. The summed E-state index contributed by atoms with van der Waals surface area (Å²) in [5, 5.41) is 30.8. The van der Waals surface area contributed by atoms with E-state index in [0.717, 1.165) is 0 Å². The van der Waals surface area contributed by atoms with Gasteiger partial charge in [-0.2, -0.15) is 0 Å². The Labute approximate surface area is 143 Å². The Morgan fingerprint density at radius 2 is 1.76 bits per heavy atom. The molecule has 2 aromatic carbocycles. The second-order valence-electron chi connectivity index (χ2n) is 5.53. The summed E-state index contributed by atoms with van der Waals surface area (Å²) in [5.41, 5.74) is 0.803. The number of H-pyrrole nitrogens is 1. The van der Waals surface area contributed by atoms with Crippen LogP contribution >= 0.6 is 0 Å². The maximum atomic E-state index is 11.8. The first-order chi connectivity index (χ1) is 12.0. The zero-order valence-corrected chi connectivity index (χ0v) is 13.4. The minimum Gasteiger partial charge on any atom is -0.508 e. The average Bonchev–Trinajstić information content (AvgIpc) is 2.58. The predicted octanol–water partition coefficient (Wildman–Crippen LogP) is 2.96. The molecule has 1 heterocycles. The number of aryl methyl sites for hydroxylation is 1. The molecule has 0 aliphatic carbocycles. The fourth-order valence-electron chi connectivity index (χ4n) is 2.53. The number of hydrogen-bond acceptors (Lipinski definition) is 5. The number of aliphatic hydroxyl groups is 1. The van der Waals surface area contributed by atoms with Gasteiger partial charge in [0.2, 0.25) is 0 Å². The summed E-state index contributed by atoms with van der Waals surface area (Å²) in [4.78, 5) is 18.7. The second kappa shape index (κ2) is 6.52. The molecule has 0 amide bonds. The van der Waals surface area contributed by atoms with Gasteiger partial charge in [-0.3, -0.25) is 4.79 Å². The highest BCUT2D eigenvalue weighted by molar-refractivity contribution is 5.95. The van der Waals surface area contributed by atoms with Gasteiger partial charge in [-0.1, -0.05) is 30.3 Å². The zero-order chi connectivity index (χ0) is 18.0. The van der Waals surface area contributed by atoms with Gasteiger partial charge in [-0.15, -0.1) is 0 Å². The van der Waals surface area contributed by atoms with E-state index < -0.39 is 0 Å². The summed E-state index contributed by atoms with van der Waals surface area (Å²) in [5.74, 6) is -0.358. The molecule has 0 atom stereocenters. The molecule has 6 heteroatoms. The van der Waals surface area contributed by atoms with Crippen LogP contribution in [0.1, 0.15) is 22.6 Å². The highest BCUT2D eigenvalue weighted by atomic mass is 16.3. The Kier molecular flexibility index (Phi) is 4.26. The molecular weight excluding hydrogens is 320 g/mol. The van der Waals surface area contributed by atoms with Gasteiger partial charge < -0.3 is 20.3 Å². The third-order valence-corrected chi connectivity index (χ3v) is 3.64. The topological polar surface area (TPSA) is 106 Å². The first kappa shape index (κ1) is 16.3. The van der Waals surface area contributed by atoms with Gasteiger partial charge in [0.15, 0.2) is 0 Å². The summed E-state index contributed by atoms with van der Waals surface area (Å²) in [6.45, 7) is 1.65. The minimum absolute atomic E-state index is 0.0900. The van der Waals surface area contributed by atoms with Crippen molar-refractivity contribution < 1.29 is 15.3 Å². The molecule has 0 bridgehead atoms. The van der Waals surface area contributed by atoms with Crippen LogP contribution in [0.25, 0.3) is 11.3 Å². The first-order valence-electron chi connectivity index (χ1n) is 7.55. The first-order valence-corrected chi connectivity index (χ1v) is 7.55. The number of hydrogen-bond donors (Lipinski definition) is 4. The number of aromatic amines is 1. The molecule has 0 aliphatic heterocycles. The van der Waals surface area contributed by atoms with Crippen molar-refractivity contribution in [2.75, 3.05) is 0 Å². The summed E-state index contributed by atoms with van der Waals surface area (Å²) >= 11 is 0. The normalized spacial score (nSPS) is 11.9. The van der Waals surface area contributed by atoms with Crippen LogP contribution in [0.3, 0.4) is 0 Å². The van der Waals surface area contributed by atoms with Crippen LogP contribution in [0.15, 0.2) is 59.4 Å². The minimum atomic E-state index is -0.388. The van der Waals surface area contributed by atoms with Crippen molar-refractivity contribution in [1.82, 2.24) is 9.97 Å². The number of rotatable bonds is 3. The van der Waals surface area contributed by atoms with Gasteiger partial charge in [0.1, 0.15) is 23.1 Å². The van der Waals surface area contributed by atoms with Crippen LogP contribution in [-0.2, 0) is 0 Å². The van der Waals surface area contributed by atoms with E-state index in [1.807, 2.05) is 0 Å². The number of phenolic OH excluding ortho intramolecular Hbond substituents is 2. The molecular formula is C19H16N2O4. The highest BCUT2D eigenvalue weighted by Crippen LogP contribution is 2.35. The van der Waals surface area contributed by atoms with E-state index >= 15 is 0 Å². The molecule has 0 spiro atoms. The summed E-state index contributed by atoms with van der Waals surface area (Å²) in [6.07, 6.45) is 0. The van der Waals surface area contributed by atoms with Gasteiger partial charge in [-0.25, -0.2) is 4.98 Å². The van der Waals surface area contributed by atoms with E-state index in [1.165, 1.54) is 24.3 Å². The second-order valence-corrected chi connectivity index (χ2v) is 5.53. The van der Waals surface area contributed by atoms with E-state index in [2.05, 4.69) is 9.97 Å². The van der Waals surface area contributed by atoms with E-state index in [1.54, 1.807) is 37.3 Å². The van der Waals surface area contributed by atoms with Crippen molar-refractivity contribution in [2.24, 2.45) is 0 Å². The Balaban J connectivity index is 2.36. The van der Waals surface area contributed by atoms with E-state index in [-0.39, 0.29) is 39.8 Å². The van der Waals surface area contributed by atoms with Crippen LogP contribution in [-0.4, -0.2) is 25.3 Å². The van der Waals surface area contributed by atoms with Gasteiger partial charge in [0.05, 0.1) is 5.57 Å². The van der Waals surface area contributed by atoms with Crippen LogP contribution in [0.4, 0.5) is 0 Å². The van der Waals surface area contributed by atoms with Gasteiger partial charge in [0, 0.05) is 22.9 Å². The third kappa shape index (κ3) is 3.37. The molecule has 3 aromatic rings. The van der Waals surface area contributed by atoms with Crippen LogP contribution < -0.4 is 5.56 Å². The fraction of sp³-hybridized carbons (Fsp3) is 0.0526. The number of aliphatic hydroxyl groups excluding tert-OH is 1. The molecule has 0 radical (unpaired) electrons. The van der Waals surface area contributed by atoms with Crippen LogP contribution in [0.2, 0.25) is 0 Å². The average molecular weight is 336 g/mol. The lowest BCUT2D eigenvalue weighted by Gasteiger charge is -2.13. The molecule has 1 aromatic heterocycles. The van der Waals surface area contributed by atoms with Crippen LogP contribution in [0.5, 0.6) is 11.5 Å². The Hall–Kier alpha value is -3.54. The Morgan fingerprint density at radius 3 is 2.44 bits per heavy atom. The molecule has 3 rings (SSSR count). The van der Waals surface area contributed by atoms with Crippen molar-refractivity contribution in [3.8, 4) is 11.5 Å². The summed E-state index contributed by atoms with van der Waals surface area (Å²) in [7, 11) is 0. The predicted molar refractivity (Wildman–Crippen MR) is 94.4 cm³/mol. The summed E-state index contributed by atoms with van der Waals surface area (Å²) in [6, 6.07) is 13.9. The SMILES string of the molecule is Cc1cc(=O)[nH]c(/C(=C(/O)c2ccccc2)c2cc(O)ccc2O)n1. The highest BCUT2D eigenvalue weighted by Gasteiger charge is 2.19. The van der Waals surface area contributed by atoms with Crippen molar-refractivity contribution in [2.45, 2.75) is 6.92 Å². The van der Waals surface area contributed by atoms with Crippen molar-refractivity contribution in [3.05, 3.63) is 87.6 Å². The van der Waals surface area contributed by atoms with Gasteiger partial charge in [0.25, 0.3) is 5.56 Å². The monoisotopic (exact) mass is 336 g/mol. The van der Waals surface area contributed by atoms with Gasteiger partial charge in [-0.05, 0) is 25.1 Å². The summed E-state index contributed by atoms with van der Waals surface area (Å²) < 4.78 is 0. The maximum Gasteiger partial charge on any atom is 0.251 e. The molecule has 6 nitrogen and oxygen atoms in total. The number of aromatic nitrogens is 2.